The second-order valence-corrected chi connectivity index (χ2v) is 1.99. The summed E-state index contributed by atoms with van der Waals surface area (Å²) in [7, 11) is 0. The molecular formula is C6H8ClNO4. The number of carbonyl (C=O) groups is 2. The zero-order valence-corrected chi connectivity index (χ0v) is 7.17. The Kier molecular flexibility index (Phi) is 5.03. The molecule has 0 bridgehead atoms. The van der Waals surface area contributed by atoms with Gasteiger partial charge in [-0.25, -0.2) is 4.79 Å². The van der Waals surface area contributed by atoms with Crippen LogP contribution in [0.2, 0.25) is 0 Å². The molecule has 1 N–H and O–H groups in total. The van der Waals surface area contributed by atoms with Crippen molar-refractivity contribution < 1.29 is 19.5 Å². The molecule has 5 nitrogen and oxygen atoms in total. The molecule has 0 aliphatic carbocycles. The van der Waals surface area contributed by atoms with Crippen molar-refractivity contribution in [2.24, 2.45) is 5.16 Å². The monoisotopic (exact) mass is 193 g/mol. The van der Waals surface area contributed by atoms with Crippen molar-refractivity contribution in [1.82, 2.24) is 0 Å². The molecule has 0 heterocycles. The number of ether oxygens (including phenoxy) is 1. The zero-order valence-electron chi connectivity index (χ0n) is 6.41. The summed E-state index contributed by atoms with van der Waals surface area (Å²) < 4.78 is 4.41. The predicted molar refractivity (Wildman–Crippen MR) is 41.6 cm³/mol. The summed E-state index contributed by atoms with van der Waals surface area (Å²) in [6.07, 6.45) is 0. The molecule has 0 aliphatic rings. The fourth-order valence-corrected chi connectivity index (χ4v) is 0.600. The van der Waals surface area contributed by atoms with Crippen molar-refractivity contribution in [3.8, 4) is 0 Å². The average Bonchev–Trinajstić information content (AvgIpc) is 2.06. The molecule has 0 atom stereocenters. The van der Waals surface area contributed by atoms with Crippen molar-refractivity contribution in [2.75, 3.05) is 12.5 Å². The van der Waals surface area contributed by atoms with Crippen LogP contribution in [-0.2, 0) is 14.3 Å². The van der Waals surface area contributed by atoms with Gasteiger partial charge in [0.05, 0.1) is 12.5 Å². The SMILES string of the molecule is CCOC(=O)/C(=N\O)C(=O)CCl. The largest absolute Gasteiger partial charge is 0.461 e. The maximum Gasteiger partial charge on any atom is 0.364 e. The van der Waals surface area contributed by atoms with Gasteiger partial charge in [0.25, 0.3) is 0 Å². The molecule has 0 radical (unpaired) electrons. The number of hydrogen-bond donors (Lipinski definition) is 1. The van der Waals surface area contributed by atoms with E-state index >= 15 is 0 Å². The van der Waals surface area contributed by atoms with E-state index in [0.29, 0.717) is 0 Å². The van der Waals surface area contributed by atoms with Crippen LogP contribution in [0.1, 0.15) is 6.92 Å². The van der Waals surface area contributed by atoms with Crippen LogP contribution < -0.4 is 0 Å². The summed E-state index contributed by atoms with van der Waals surface area (Å²) in [5.74, 6) is -2.15. The number of hydrogen-bond acceptors (Lipinski definition) is 5. The second kappa shape index (κ2) is 5.54. The van der Waals surface area contributed by atoms with Crippen molar-refractivity contribution >= 4 is 29.1 Å². The Labute approximate surface area is 73.9 Å². The molecule has 0 saturated heterocycles. The fourth-order valence-electron chi connectivity index (χ4n) is 0.473. The van der Waals surface area contributed by atoms with Crippen LogP contribution in [0, 0.1) is 0 Å². The number of nitrogens with zero attached hydrogens (tertiary/aromatic N) is 1. The third-order valence-electron chi connectivity index (χ3n) is 0.954. The van der Waals surface area contributed by atoms with Crippen LogP contribution in [0.3, 0.4) is 0 Å². The highest BCUT2D eigenvalue weighted by molar-refractivity contribution is 6.67. The number of alkyl halides is 1. The van der Waals surface area contributed by atoms with Gasteiger partial charge in [-0.3, -0.25) is 4.79 Å². The van der Waals surface area contributed by atoms with E-state index in [1.165, 1.54) is 0 Å². The van der Waals surface area contributed by atoms with Crippen LogP contribution in [0.15, 0.2) is 5.16 Å². The number of oxime groups is 1. The lowest BCUT2D eigenvalue weighted by molar-refractivity contribution is -0.135. The minimum atomic E-state index is -0.967. The average molecular weight is 194 g/mol. The molecule has 0 aromatic heterocycles. The number of carbonyl (C=O) groups excluding carboxylic acids is 2. The topological polar surface area (TPSA) is 76.0 Å². The van der Waals surface area contributed by atoms with E-state index in [1.807, 2.05) is 0 Å². The van der Waals surface area contributed by atoms with Gasteiger partial charge in [0, 0.05) is 0 Å². The summed E-state index contributed by atoms with van der Waals surface area (Å²) >= 11 is 5.12. The van der Waals surface area contributed by atoms with Gasteiger partial charge in [-0.05, 0) is 6.92 Å². The van der Waals surface area contributed by atoms with E-state index in [-0.39, 0.29) is 6.61 Å². The van der Waals surface area contributed by atoms with Gasteiger partial charge in [0.15, 0.2) is 0 Å². The van der Waals surface area contributed by atoms with Crippen molar-refractivity contribution in [1.29, 1.82) is 0 Å². The second-order valence-electron chi connectivity index (χ2n) is 1.73. The number of halogens is 1. The maximum absolute atomic E-state index is 10.8. The molecule has 0 aliphatic heterocycles. The zero-order chi connectivity index (χ0) is 9.56. The number of ketones is 1. The molecule has 0 saturated carbocycles. The maximum atomic E-state index is 10.8. The summed E-state index contributed by atoms with van der Waals surface area (Å²) in [6.45, 7) is 1.67. The number of rotatable bonds is 4. The van der Waals surface area contributed by atoms with Gasteiger partial charge in [-0.2, -0.15) is 0 Å². The standard InChI is InChI=1S/C6H8ClNO4/c1-2-12-6(10)5(8-11)4(9)3-7/h11H,2-3H2,1H3/b8-5-. The third-order valence-corrected chi connectivity index (χ3v) is 1.20. The normalized spacial score (nSPS) is 11.0. The Morgan fingerprint density at radius 2 is 2.17 bits per heavy atom. The first kappa shape index (κ1) is 10.9. The minimum Gasteiger partial charge on any atom is -0.461 e. The van der Waals surface area contributed by atoms with Crippen molar-refractivity contribution in [3.63, 3.8) is 0 Å². The summed E-state index contributed by atoms with van der Waals surface area (Å²) in [5, 5.41) is 10.7. The Hall–Kier alpha value is -1.10. The van der Waals surface area contributed by atoms with Crippen LogP contribution in [0.4, 0.5) is 0 Å². The molecule has 12 heavy (non-hydrogen) atoms. The Morgan fingerprint density at radius 3 is 2.50 bits per heavy atom. The molecule has 0 aromatic rings. The lowest BCUT2D eigenvalue weighted by Gasteiger charge is -1.99. The van der Waals surface area contributed by atoms with Crippen molar-refractivity contribution in [2.45, 2.75) is 6.92 Å². The Morgan fingerprint density at radius 1 is 1.58 bits per heavy atom. The summed E-state index contributed by atoms with van der Waals surface area (Å²) in [4.78, 5) is 21.5. The Bertz CT molecular complexity index is 214. The fraction of sp³-hybridized carbons (Fsp3) is 0.500. The van der Waals surface area contributed by atoms with Crippen LogP contribution in [0.25, 0.3) is 0 Å². The first-order chi connectivity index (χ1) is 5.67. The smallest absolute Gasteiger partial charge is 0.364 e. The lowest BCUT2D eigenvalue weighted by Crippen LogP contribution is -2.27. The van der Waals surface area contributed by atoms with Gasteiger partial charge < -0.3 is 9.94 Å². The molecule has 0 amide bonds. The quantitative estimate of drug-likeness (QED) is 0.173. The van der Waals surface area contributed by atoms with Crippen LogP contribution in [0.5, 0.6) is 0 Å². The minimum absolute atomic E-state index is 0.105. The van der Waals surface area contributed by atoms with E-state index in [2.05, 4.69) is 9.89 Å². The molecule has 0 fully saturated rings. The van der Waals surface area contributed by atoms with Gasteiger partial charge in [-0.15, -0.1) is 11.6 Å². The number of esters is 1. The summed E-state index contributed by atoms with van der Waals surface area (Å²) in [5.41, 5.74) is -0.674. The molecule has 0 rings (SSSR count). The molecule has 6 heteroatoms. The highest BCUT2D eigenvalue weighted by atomic mass is 35.5. The van der Waals surface area contributed by atoms with Gasteiger partial charge in [0.1, 0.15) is 0 Å². The van der Waals surface area contributed by atoms with Gasteiger partial charge in [-0.1, -0.05) is 5.16 Å². The highest BCUT2D eigenvalue weighted by Gasteiger charge is 2.21. The molecule has 0 spiro atoms. The molecular weight excluding hydrogens is 186 g/mol. The number of Topliss-reactive ketones (excluding diaryl/α,β-unsaturated/α-hetero) is 1. The van der Waals surface area contributed by atoms with E-state index in [0.717, 1.165) is 0 Å². The van der Waals surface area contributed by atoms with Crippen LogP contribution >= 0.6 is 11.6 Å². The van der Waals surface area contributed by atoms with E-state index in [4.69, 9.17) is 16.8 Å². The van der Waals surface area contributed by atoms with E-state index < -0.39 is 23.3 Å². The molecule has 0 aromatic carbocycles. The summed E-state index contributed by atoms with van der Waals surface area (Å²) in [6, 6.07) is 0. The third kappa shape index (κ3) is 2.87. The Balaban J connectivity index is 4.37. The van der Waals surface area contributed by atoms with Crippen molar-refractivity contribution in [3.05, 3.63) is 0 Å². The molecule has 68 valence electrons. The first-order valence-electron chi connectivity index (χ1n) is 3.15. The highest BCUT2D eigenvalue weighted by Crippen LogP contribution is 1.89. The van der Waals surface area contributed by atoms with E-state index in [9.17, 15) is 9.59 Å². The van der Waals surface area contributed by atoms with E-state index in [1.54, 1.807) is 6.92 Å². The van der Waals surface area contributed by atoms with Crippen LogP contribution in [-0.4, -0.2) is 35.2 Å². The lowest BCUT2D eigenvalue weighted by atomic mass is 10.3. The molecule has 0 unspecified atom stereocenters. The van der Waals surface area contributed by atoms with Gasteiger partial charge in [0.2, 0.25) is 11.5 Å². The van der Waals surface area contributed by atoms with Gasteiger partial charge >= 0.3 is 5.97 Å². The first-order valence-corrected chi connectivity index (χ1v) is 3.69. The predicted octanol–water partition coefficient (Wildman–Crippen LogP) is 0.188.